The molecule has 0 unspecified atom stereocenters. The molecule has 1 atom stereocenters. The summed E-state index contributed by atoms with van der Waals surface area (Å²) in [5, 5.41) is 15.2. The molecule has 0 spiro atoms. The minimum Gasteiger partial charge on any atom is -0.394 e. The molecule has 25 heavy (non-hydrogen) atoms. The van der Waals surface area contributed by atoms with Gasteiger partial charge >= 0.3 is 6.03 Å². The second-order valence-corrected chi connectivity index (χ2v) is 6.41. The highest BCUT2D eigenvalue weighted by molar-refractivity contribution is 5.90. The summed E-state index contributed by atoms with van der Waals surface area (Å²) in [4.78, 5) is 14.6. The van der Waals surface area contributed by atoms with Crippen LogP contribution in [0.1, 0.15) is 18.4 Å². The third-order valence-corrected chi connectivity index (χ3v) is 4.46. The molecule has 2 amide bonds. The molecule has 1 saturated heterocycles. The minimum atomic E-state index is -0.316. The van der Waals surface area contributed by atoms with Crippen LogP contribution < -0.4 is 15.5 Å². The van der Waals surface area contributed by atoms with Crippen LogP contribution in [0, 0.1) is 0 Å². The van der Waals surface area contributed by atoms with Gasteiger partial charge in [0.25, 0.3) is 0 Å². The van der Waals surface area contributed by atoms with E-state index in [9.17, 15) is 9.90 Å². The summed E-state index contributed by atoms with van der Waals surface area (Å²) in [5.74, 6) is 0. The first-order valence-corrected chi connectivity index (χ1v) is 8.82. The first kappa shape index (κ1) is 17.3. The lowest BCUT2D eigenvalue weighted by molar-refractivity contribution is 0.224. The van der Waals surface area contributed by atoms with Gasteiger partial charge in [0.1, 0.15) is 0 Å². The van der Waals surface area contributed by atoms with Gasteiger partial charge in [0.05, 0.1) is 12.6 Å². The molecule has 2 aromatic rings. The van der Waals surface area contributed by atoms with Gasteiger partial charge in [0.15, 0.2) is 0 Å². The molecule has 0 aromatic heterocycles. The maximum Gasteiger partial charge on any atom is 0.319 e. The van der Waals surface area contributed by atoms with E-state index < -0.39 is 0 Å². The zero-order chi connectivity index (χ0) is 17.5. The zero-order valence-corrected chi connectivity index (χ0v) is 14.3. The van der Waals surface area contributed by atoms with Crippen molar-refractivity contribution in [3.63, 3.8) is 0 Å². The number of amides is 2. The molecule has 1 aliphatic rings. The number of hydrogen-bond donors (Lipinski definition) is 3. The van der Waals surface area contributed by atoms with Crippen LogP contribution in [0.3, 0.4) is 0 Å². The first-order valence-electron chi connectivity index (χ1n) is 8.82. The van der Waals surface area contributed by atoms with Gasteiger partial charge in [-0.1, -0.05) is 36.4 Å². The Balaban J connectivity index is 1.56. The molecule has 1 aliphatic heterocycles. The van der Waals surface area contributed by atoms with Gasteiger partial charge in [-0.15, -0.1) is 0 Å². The Kier molecular flexibility index (Phi) is 5.90. The quantitative estimate of drug-likeness (QED) is 0.758. The molecular formula is C20H25N3O2. The minimum absolute atomic E-state index is 0.101. The number of aliphatic hydroxyl groups is 1. The molecule has 3 rings (SSSR count). The van der Waals surface area contributed by atoms with Gasteiger partial charge in [-0.05, 0) is 43.0 Å². The molecule has 0 saturated carbocycles. The van der Waals surface area contributed by atoms with E-state index in [0.717, 1.165) is 30.0 Å². The van der Waals surface area contributed by atoms with Crippen molar-refractivity contribution in [2.24, 2.45) is 0 Å². The predicted molar refractivity (Wildman–Crippen MR) is 101 cm³/mol. The fraction of sp³-hybridized carbons (Fsp3) is 0.350. The number of urea groups is 1. The summed E-state index contributed by atoms with van der Waals surface area (Å²) in [5.41, 5.74) is 2.98. The molecule has 1 fully saturated rings. The number of nitrogens with zero attached hydrogens (tertiary/aromatic N) is 1. The maximum absolute atomic E-state index is 12.3. The number of aliphatic hydroxyl groups excluding tert-OH is 1. The Morgan fingerprint density at radius 1 is 1.08 bits per heavy atom. The summed E-state index contributed by atoms with van der Waals surface area (Å²) in [6.07, 6.45) is 3.03. The summed E-state index contributed by atoms with van der Waals surface area (Å²) < 4.78 is 0. The van der Waals surface area contributed by atoms with E-state index in [4.69, 9.17) is 0 Å². The van der Waals surface area contributed by atoms with E-state index in [1.165, 1.54) is 12.8 Å². The van der Waals surface area contributed by atoms with Crippen molar-refractivity contribution in [1.29, 1.82) is 0 Å². The summed E-state index contributed by atoms with van der Waals surface area (Å²) in [7, 11) is 0. The fourth-order valence-electron chi connectivity index (χ4n) is 3.17. The summed E-state index contributed by atoms with van der Waals surface area (Å²) in [6.45, 7) is 2.04. The average molecular weight is 339 g/mol. The van der Waals surface area contributed by atoms with Crippen LogP contribution in [0.15, 0.2) is 54.6 Å². The molecule has 1 heterocycles. The van der Waals surface area contributed by atoms with Crippen molar-refractivity contribution in [2.75, 3.05) is 29.9 Å². The van der Waals surface area contributed by atoms with E-state index >= 15 is 0 Å². The SMILES string of the molecule is O=C(Nc1cccc(N2CCCC2)c1)N[C@H](CO)Cc1ccccc1. The largest absolute Gasteiger partial charge is 0.394 e. The second kappa shape index (κ2) is 8.53. The molecule has 5 heteroatoms. The van der Waals surface area contributed by atoms with Crippen LogP contribution in [0.2, 0.25) is 0 Å². The standard InChI is InChI=1S/C20H25N3O2/c24-15-18(13-16-7-2-1-3-8-16)22-20(25)21-17-9-6-10-19(14-17)23-11-4-5-12-23/h1-3,6-10,14,18,24H,4-5,11-13,15H2,(H2,21,22,25)/t18-/m0/s1. The third kappa shape index (κ3) is 4.97. The Morgan fingerprint density at radius 2 is 1.84 bits per heavy atom. The van der Waals surface area contributed by atoms with Crippen molar-refractivity contribution >= 4 is 17.4 Å². The monoisotopic (exact) mass is 339 g/mol. The van der Waals surface area contributed by atoms with Crippen molar-refractivity contribution in [3.8, 4) is 0 Å². The Labute approximate surface area is 148 Å². The number of nitrogens with one attached hydrogen (secondary N) is 2. The maximum atomic E-state index is 12.3. The van der Waals surface area contributed by atoms with E-state index in [2.05, 4.69) is 21.6 Å². The van der Waals surface area contributed by atoms with Crippen molar-refractivity contribution < 1.29 is 9.90 Å². The van der Waals surface area contributed by atoms with E-state index in [0.29, 0.717) is 6.42 Å². The summed E-state index contributed by atoms with van der Waals surface area (Å²) in [6, 6.07) is 17.1. The van der Waals surface area contributed by atoms with Crippen molar-refractivity contribution in [3.05, 3.63) is 60.2 Å². The molecular weight excluding hydrogens is 314 g/mol. The highest BCUT2D eigenvalue weighted by Gasteiger charge is 2.14. The molecule has 5 nitrogen and oxygen atoms in total. The lowest BCUT2D eigenvalue weighted by atomic mass is 10.1. The third-order valence-electron chi connectivity index (χ3n) is 4.46. The van der Waals surface area contributed by atoms with Gasteiger partial charge in [-0.3, -0.25) is 0 Å². The topological polar surface area (TPSA) is 64.6 Å². The molecule has 3 N–H and O–H groups in total. The van der Waals surface area contributed by atoms with Crippen LogP contribution in [0.25, 0.3) is 0 Å². The Bertz CT molecular complexity index is 684. The smallest absolute Gasteiger partial charge is 0.319 e. The average Bonchev–Trinajstić information content (AvgIpc) is 3.17. The second-order valence-electron chi connectivity index (χ2n) is 6.41. The molecule has 0 bridgehead atoms. The van der Waals surface area contributed by atoms with Crippen LogP contribution in [-0.2, 0) is 6.42 Å². The number of carbonyl (C=O) groups is 1. The fourth-order valence-corrected chi connectivity index (χ4v) is 3.17. The van der Waals surface area contributed by atoms with E-state index in [1.807, 2.05) is 48.5 Å². The Hall–Kier alpha value is -2.53. The lowest BCUT2D eigenvalue weighted by Crippen LogP contribution is -2.41. The van der Waals surface area contributed by atoms with Gasteiger partial charge in [-0.2, -0.15) is 0 Å². The molecule has 0 aliphatic carbocycles. The van der Waals surface area contributed by atoms with E-state index in [-0.39, 0.29) is 18.7 Å². The van der Waals surface area contributed by atoms with Crippen LogP contribution in [0.5, 0.6) is 0 Å². The van der Waals surface area contributed by atoms with Crippen LogP contribution in [-0.4, -0.2) is 36.9 Å². The zero-order valence-electron chi connectivity index (χ0n) is 14.3. The number of carbonyl (C=O) groups excluding carboxylic acids is 1. The normalized spacial score (nSPS) is 15.0. The van der Waals surface area contributed by atoms with Gasteiger partial charge in [-0.25, -0.2) is 4.79 Å². The van der Waals surface area contributed by atoms with E-state index in [1.54, 1.807) is 0 Å². The predicted octanol–water partition coefficient (Wildman–Crippen LogP) is 3.01. The highest BCUT2D eigenvalue weighted by atomic mass is 16.3. The first-order chi connectivity index (χ1) is 12.2. The molecule has 0 radical (unpaired) electrons. The van der Waals surface area contributed by atoms with Crippen LogP contribution in [0.4, 0.5) is 16.2 Å². The number of anilines is 2. The van der Waals surface area contributed by atoms with Gasteiger partial charge in [0.2, 0.25) is 0 Å². The highest BCUT2D eigenvalue weighted by Crippen LogP contribution is 2.23. The lowest BCUT2D eigenvalue weighted by Gasteiger charge is -2.20. The molecule has 132 valence electrons. The molecule has 2 aromatic carbocycles. The Morgan fingerprint density at radius 3 is 2.56 bits per heavy atom. The number of rotatable bonds is 6. The van der Waals surface area contributed by atoms with Crippen molar-refractivity contribution in [1.82, 2.24) is 5.32 Å². The summed E-state index contributed by atoms with van der Waals surface area (Å²) >= 11 is 0. The van der Waals surface area contributed by atoms with Gasteiger partial charge in [0, 0.05) is 24.5 Å². The number of benzene rings is 2. The number of hydrogen-bond acceptors (Lipinski definition) is 3. The van der Waals surface area contributed by atoms with Crippen molar-refractivity contribution in [2.45, 2.75) is 25.3 Å². The van der Waals surface area contributed by atoms with Gasteiger partial charge < -0.3 is 20.6 Å². The van der Waals surface area contributed by atoms with Crippen LogP contribution >= 0.6 is 0 Å².